The zero-order valence-corrected chi connectivity index (χ0v) is 12.6. The molecule has 0 aromatic heterocycles. The van der Waals surface area contributed by atoms with Gasteiger partial charge in [0.05, 0.1) is 6.26 Å². The lowest BCUT2D eigenvalue weighted by molar-refractivity contribution is 0.182. The van der Waals surface area contributed by atoms with Crippen molar-refractivity contribution < 1.29 is 22.9 Å². The van der Waals surface area contributed by atoms with Gasteiger partial charge in [0.1, 0.15) is 5.82 Å². The van der Waals surface area contributed by atoms with Gasteiger partial charge in [-0.05, 0) is 23.2 Å². The number of benzene rings is 1. The highest BCUT2D eigenvalue weighted by molar-refractivity contribution is 7.88. The summed E-state index contributed by atoms with van der Waals surface area (Å²) in [7, 11) is -4.90. The SMILES string of the molecule is CS(=O)(=O)N1CCN(Cc2ccc(F)cc2B(O)O)CC1. The van der Waals surface area contributed by atoms with Crippen molar-refractivity contribution in [1.29, 1.82) is 0 Å². The van der Waals surface area contributed by atoms with Crippen LogP contribution >= 0.6 is 0 Å². The average Bonchev–Trinajstić information content (AvgIpc) is 2.40. The molecule has 0 atom stereocenters. The van der Waals surface area contributed by atoms with E-state index in [9.17, 15) is 22.9 Å². The maximum Gasteiger partial charge on any atom is 0.488 e. The Kier molecular flexibility index (Phi) is 5.00. The number of nitrogens with zero attached hydrogens (tertiary/aromatic N) is 2. The van der Waals surface area contributed by atoms with E-state index in [2.05, 4.69) is 0 Å². The molecule has 2 N–H and O–H groups in total. The number of piperazine rings is 1. The molecule has 1 aromatic carbocycles. The highest BCUT2D eigenvalue weighted by Crippen LogP contribution is 2.10. The van der Waals surface area contributed by atoms with Gasteiger partial charge in [0.25, 0.3) is 0 Å². The summed E-state index contributed by atoms with van der Waals surface area (Å²) in [5, 5.41) is 18.6. The normalized spacial score (nSPS) is 17.9. The first-order valence-electron chi connectivity index (χ1n) is 6.59. The van der Waals surface area contributed by atoms with E-state index in [0.29, 0.717) is 38.3 Å². The molecule has 0 aliphatic carbocycles. The number of hydrogen-bond acceptors (Lipinski definition) is 5. The molecule has 9 heteroatoms. The predicted octanol–water partition coefficient (Wildman–Crippen LogP) is -1.42. The zero-order chi connectivity index (χ0) is 15.6. The minimum Gasteiger partial charge on any atom is -0.423 e. The van der Waals surface area contributed by atoms with E-state index in [1.807, 2.05) is 4.90 Å². The summed E-state index contributed by atoms with van der Waals surface area (Å²) in [6, 6.07) is 3.90. The molecule has 1 saturated heterocycles. The van der Waals surface area contributed by atoms with Crippen molar-refractivity contribution in [2.75, 3.05) is 32.4 Å². The first kappa shape index (κ1) is 16.4. The summed E-state index contributed by atoms with van der Waals surface area (Å²) in [6.45, 7) is 2.32. The first-order chi connectivity index (χ1) is 9.77. The van der Waals surface area contributed by atoms with E-state index < -0.39 is 23.0 Å². The van der Waals surface area contributed by atoms with Crippen LogP contribution < -0.4 is 5.46 Å². The number of sulfonamides is 1. The van der Waals surface area contributed by atoms with Crippen LogP contribution in [0.25, 0.3) is 0 Å². The van der Waals surface area contributed by atoms with Crippen molar-refractivity contribution in [2.24, 2.45) is 0 Å². The monoisotopic (exact) mass is 316 g/mol. The zero-order valence-electron chi connectivity index (χ0n) is 11.7. The molecule has 21 heavy (non-hydrogen) atoms. The van der Waals surface area contributed by atoms with E-state index in [-0.39, 0.29) is 5.46 Å². The van der Waals surface area contributed by atoms with Crippen molar-refractivity contribution in [3.63, 3.8) is 0 Å². The Bertz CT molecular complexity index is 603. The van der Waals surface area contributed by atoms with Gasteiger partial charge in [-0.3, -0.25) is 4.90 Å². The number of rotatable bonds is 4. The van der Waals surface area contributed by atoms with Crippen LogP contribution in [0.15, 0.2) is 18.2 Å². The lowest BCUT2D eigenvalue weighted by Gasteiger charge is -2.33. The Morgan fingerprint density at radius 2 is 1.86 bits per heavy atom. The van der Waals surface area contributed by atoms with Crippen LogP contribution in [0.5, 0.6) is 0 Å². The summed E-state index contributed by atoms with van der Waals surface area (Å²) >= 11 is 0. The van der Waals surface area contributed by atoms with Gasteiger partial charge in [-0.15, -0.1) is 0 Å². The van der Waals surface area contributed by atoms with Crippen molar-refractivity contribution in [1.82, 2.24) is 9.21 Å². The lowest BCUT2D eigenvalue weighted by atomic mass is 9.77. The maximum absolute atomic E-state index is 13.2. The molecule has 0 spiro atoms. The minimum atomic E-state index is -3.17. The Labute approximate surface area is 124 Å². The number of halogens is 1. The molecule has 0 radical (unpaired) electrons. The molecule has 1 aromatic rings. The van der Waals surface area contributed by atoms with Gasteiger partial charge in [0.15, 0.2) is 0 Å². The van der Waals surface area contributed by atoms with Gasteiger partial charge in [-0.1, -0.05) is 6.07 Å². The highest BCUT2D eigenvalue weighted by atomic mass is 32.2. The maximum atomic E-state index is 13.2. The third-order valence-electron chi connectivity index (χ3n) is 3.58. The summed E-state index contributed by atoms with van der Waals surface area (Å²) in [4.78, 5) is 2.00. The van der Waals surface area contributed by atoms with Crippen LogP contribution in [-0.2, 0) is 16.6 Å². The molecule has 0 amide bonds. The van der Waals surface area contributed by atoms with Crippen LogP contribution in [0, 0.1) is 5.82 Å². The Hall–Kier alpha value is -0.995. The van der Waals surface area contributed by atoms with Gasteiger partial charge in [0.2, 0.25) is 10.0 Å². The van der Waals surface area contributed by atoms with Gasteiger partial charge >= 0.3 is 7.12 Å². The summed E-state index contributed by atoms with van der Waals surface area (Å²) in [5.74, 6) is -0.524. The standard InChI is InChI=1S/C12H18BFN2O4S/c1-21(19,20)16-6-4-15(5-7-16)9-10-2-3-11(14)8-12(10)13(17)18/h2-3,8,17-18H,4-7,9H2,1H3. The molecular formula is C12H18BFN2O4S. The van der Waals surface area contributed by atoms with Gasteiger partial charge in [-0.25, -0.2) is 12.8 Å². The van der Waals surface area contributed by atoms with Crippen molar-refractivity contribution in [3.05, 3.63) is 29.6 Å². The van der Waals surface area contributed by atoms with Crippen molar-refractivity contribution in [3.8, 4) is 0 Å². The third-order valence-corrected chi connectivity index (χ3v) is 4.88. The molecule has 116 valence electrons. The molecule has 0 bridgehead atoms. The quantitative estimate of drug-likeness (QED) is 0.667. The molecule has 1 fully saturated rings. The topological polar surface area (TPSA) is 81.1 Å². The predicted molar refractivity (Wildman–Crippen MR) is 77.9 cm³/mol. The van der Waals surface area contributed by atoms with Gasteiger partial charge in [-0.2, -0.15) is 4.31 Å². The Morgan fingerprint density at radius 3 is 2.38 bits per heavy atom. The second-order valence-corrected chi connectivity index (χ2v) is 7.14. The average molecular weight is 316 g/mol. The van der Waals surface area contributed by atoms with E-state index >= 15 is 0 Å². The van der Waals surface area contributed by atoms with E-state index in [4.69, 9.17) is 0 Å². The van der Waals surface area contributed by atoms with Crippen LogP contribution in [0.3, 0.4) is 0 Å². The number of hydrogen-bond donors (Lipinski definition) is 2. The Balaban J connectivity index is 2.04. The fourth-order valence-corrected chi connectivity index (χ4v) is 3.24. The van der Waals surface area contributed by atoms with Gasteiger partial charge < -0.3 is 10.0 Å². The van der Waals surface area contributed by atoms with Crippen LogP contribution in [0.2, 0.25) is 0 Å². The van der Waals surface area contributed by atoms with Crippen molar-refractivity contribution in [2.45, 2.75) is 6.54 Å². The first-order valence-corrected chi connectivity index (χ1v) is 8.44. The molecule has 6 nitrogen and oxygen atoms in total. The molecule has 2 rings (SSSR count). The van der Waals surface area contributed by atoms with Crippen molar-refractivity contribution >= 4 is 22.6 Å². The lowest BCUT2D eigenvalue weighted by Crippen LogP contribution is -2.48. The van der Waals surface area contributed by atoms with Gasteiger partial charge in [0, 0.05) is 32.7 Å². The third kappa shape index (κ3) is 4.24. The molecule has 1 heterocycles. The minimum absolute atomic E-state index is 0.139. The largest absolute Gasteiger partial charge is 0.488 e. The van der Waals surface area contributed by atoms with Crippen LogP contribution in [0.4, 0.5) is 4.39 Å². The molecule has 1 aliphatic heterocycles. The van der Waals surface area contributed by atoms with E-state index in [1.54, 1.807) is 0 Å². The molecule has 0 unspecified atom stereocenters. The second-order valence-electron chi connectivity index (χ2n) is 5.15. The molecular weight excluding hydrogens is 298 g/mol. The summed E-state index contributed by atoms with van der Waals surface area (Å²) < 4.78 is 37.4. The molecule has 1 aliphatic rings. The highest BCUT2D eigenvalue weighted by Gasteiger charge is 2.25. The fourth-order valence-electron chi connectivity index (χ4n) is 2.41. The summed E-state index contributed by atoms with van der Waals surface area (Å²) in [5.41, 5.74) is 0.764. The second kappa shape index (κ2) is 6.41. The molecule has 0 saturated carbocycles. The smallest absolute Gasteiger partial charge is 0.423 e. The summed E-state index contributed by atoms with van der Waals surface area (Å²) in [6.07, 6.45) is 1.18. The van der Waals surface area contributed by atoms with E-state index in [0.717, 1.165) is 6.07 Å². The van der Waals surface area contributed by atoms with E-state index in [1.165, 1.54) is 22.7 Å². The fraction of sp³-hybridized carbons (Fsp3) is 0.500. The van der Waals surface area contributed by atoms with Crippen LogP contribution in [0.1, 0.15) is 5.56 Å². The Morgan fingerprint density at radius 1 is 1.24 bits per heavy atom. The van der Waals surface area contributed by atoms with Crippen LogP contribution in [-0.4, -0.2) is 67.2 Å².